The van der Waals surface area contributed by atoms with Gasteiger partial charge in [-0.15, -0.1) is 23.2 Å². The molecule has 0 aliphatic rings. The minimum Gasteiger partial charge on any atom is -0.473 e. The van der Waals surface area contributed by atoms with Crippen LogP contribution in [0.15, 0.2) is 24.7 Å². The van der Waals surface area contributed by atoms with Crippen LogP contribution in [-0.4, -0.2) is 37.2 Å². The van der Waals surface area contributed by atoms with Gasteiger partial charge in [-0.2, -0.15) is 0 Å². The Balaban J connectivity index is 3.59. The van der Waals surface area contributed by atoms with Crippen molar-refractivity contribution in [3.05, 3.63) is 24.7 Å². The average molecular weight is 283 g/mol. The van der Waals surface area contributed by atoms with Crippen LogP contribution >= 0.6 is 23.2 Å². The Morgan fingerprint density at radius 2 is 1.29 bits per heavy atom. The maximum Gasteiger partial charge on any atom is 0.0887 e. The van der Waals surface area contributed by atoms with Crippen molar-refractivity contribution in [2.45, 2.75) is 26.1 Å². The molecule has 2 unspecified atom stereocenters. The van der Waals surface area contributed by atoms with Gasteiger partial charge in [0.1, 0.15) is 0 Å². The molecule has 0 aromatic heterocycles. The van der Waals surface area contributed by atoms with E-state index in [9.17, 15) is 0 Å². The van der Waals surface area contributed by atoms with Gasteiger partial charge >= 0.3 is 0 Å². The summed E-state index contributed by atoms with van der Waals surface area (Å²) in [6.07, 6.45) is 6.74. The third-order valence-corrected chi connectivity index (χ3v) is 2.08. The summed E-state index contributed by atoms with van der Waals surface area (Å²) < 4.78 is 15.8. The van der Waals surface area contributed by atoms with Crippen LogP contribution in [0.3, 0.4) is 0 Å². The highest BCUT2D eigenvalue weighted by molar-refractivity contribution is 6.18. The SMILES string of the molecule is CC(C=COC=CC(C)OCCCl)OCCCl. The predicted octanol–water partition coefficient (Wildman–Crippen LogP) is 3.32. The van der Waals surface area contributed by atoms with E-state index in [0.717, 1.165) is 0 Å². The Hall–Kier alpha value is -0.220. The molecule has 0 radical (unpaired) electrons. The fourth-order valence-electron chi connectivity index (χ4n) is 0.929. The molecule has 0 saturated carbocycles. The topological polar surface area (TPSA) is 27.7 Å². The van der Waals surface area contributed by atoms with Gasteiger partial charge in [-0.3, -0.25) is 0 Å². The lowest BCUT2D eigenvalue weighted by Gasteiger charge is -2.06. The molecule has 100 valence electrons. The second kappa shape index (κ2) is 12.2. The van der Waals surface area contributed by atoms with Crippen molar-refractivity contribution in [3.8, 4) is 0 Å². The van der Waals surface area contributed by atoms with Crippen molar-refractivity contribution in [1.29, 1.82) is 0 Å². The standard InChI is InChI=1S/C12H20Cl2O3/c1-11(16-9-5-13)3-7-15-8-4-12(2)17-10-6-14/h3-4,7-8,11-12H,5-6,9-10H2,1-2H3. The van der Waals surface area contributed by atoms with Crippen molar-refractivity contribution >= 4 is 23.2 Å². The van der Waals surface area contributed by atoms with Crippen LogP contribution in [0.1, 0.15) is 13.8 Å². The summed E-state index contributed by atoms with van der Waals surface area (Å²) in [5.41, 5.74) is 0. The fraction of sp³-hybridized carbons (Fsp3) is 0.667. The first-order valence-electron chi connectivity index (χ1n) is 5.54. The molecule has 0 saturated heterocycles. The molecule has 0 rings (SSSR count). The first kappa shape index (κ1) is 16.8. The summed E-state index contributed by atoms with van der Waals surface area (Å²) in [5, 5.41) is 0. The molecule has 0 amide bonds. The van der Waals surface area contributed by atoms with E-state index in [1.165, 1.54) is 0 Å². The van der Waals surface area contributed by atoms with Crippen LogP contribution in [-0.2, 0) is 14.2 Å². The van der Waals surface area contributed by atoms with Crippen LogP contribution in [0, 0.1) is 0 Å². The molecule has 0 heterocycles. The van der Waals surface area contributed by atoms with Crippen LogP contribution in [0.2, 0.25) is 0 Å². The molecule has 5 heteroatoms. The predicted molar refractivity (Wildman–Crippen MR) is 71.6 cm³/mol. The summed E-state index contributed by atoms with van der Waals surface area (Å²) in [6.45, 7) is 4.91. The van der Waals surface area contributed by atoms with Crippen molar-refractivity contribution in [1.82, 2.24) is 0 Å². The molecular formula is C12H20Cl2O3. The van der Waals surface area contributed by atoms with Crippen LogP contribution < -0.4 is 0 Å². The molecular weight excluding hydrogens is 263 g/mol. The second-order valence-electron chi connectivity index (χ2n) is 3.32. The van der Waals surface area contributed by atoms with E-state index < -0.39 is 0 Å². The lowest BCUT2D eigenvalue weighted by molar-refractivity contribution is 0.108. The van der Waals surface area contributed by atoms with E-state index >= 15 is 0 Å². The minimum atomic E-state index is -0.00734. The van der Waals surface area contributed by atoms with Crippen molar-refractivity contribution in [2.24, 2.45) is 0 Å². The molecule has 0 aromatic rings. The summed E-state index contributed by atoms with van der Waals surface area (Å²) >= 11 is 11.0. The number of halogens is 2. The molecule has 0 bridgehead atoms. The summed E-state index contributed by atoms with van der Waals surface area (Å²) in [6, 6.07) is 0. The second-order valence-corrected chi connectivity index (χ2v) is 4.08. The highest BCUT2D eigenvalue weighted by Crippen LogP contribution is 1.97. The number of hydrogen-bond donors (Lipinski definition) is 0. The zero-order chi connectivity index (χ0) is 12.9. The van der Waals surface area contributed by atoms with E-state index in [1.807, 2.05) is 13.8 Å². The highest BCUT2D eigenvalue weighted by Gasteiger charge is 1.95. The molecule has 3 nitrogen and oxygen atoms in total. The van der Waals surface area contributed by atoms with Crippen molar-refractivity contribution in [2.75, 3.05) is 25.0 Å². The normalized spacial score (nSPS) is 15.5. The van der Waals surface area contributed by atoms with E-state index in [-0.39, 0.29) is 12.2 Å². The molecule has 0 spiro atoms. The molecule has 17 heavy (non-hydrogen) atoms. The van der Waals surface area contributed by atoms with Gasteiger partial charge in [0.15, 0.2) is 0 Å². The Labute approximate surface area is 113 Å². The number of ether oxygens (including phenoxy) is 3. The number of hydrogen-bond acceptors (Lipinski definition) is 3. The first-order chi connectivity index (χ1) is 8.20. The lowest BCUT2D eigenvalue weighted by atomic mass is 10.4. The van der Waals surface area contributed by atoms with E-state index in [2.05, 4.69) is 0 Å². The molecule has 0 aliphatic heterocycles. The van der Waals surface area contributed by atoms with Crippen molar-refractivity contribution < 1.29 is 14.2 Å². The maximum absolute atomic E-state index is 5.49. The monoisotopic (exact) mass is 282 g/mol. The Morgan fingerprint density at radius 1 is 0.882 bits per heavy atom. The van der Waals surface area contributed by atoms with Gasteiger partial charge < -0.3 is 14.2 Å². The van der Waals surface area contributed by atoms with Gasteiger partial charge in [-0.1, -0.05) is 0 Å². The van der Waals surface area contributed by atoms with E-state index in [1.54, 1.807) is 24.7 Å². The third kappa shape index (κ3) is 12.0. The quantitative estimate of drug-likeness (QED) is 0.455. The van der Waals surface area contributed by atoms with E-state index in [0.29, 0.717) is 25.0 Å². The smallest absolute Gasteiger partial charge is 0.0887 e. The summed E-state index contributed by atoms with van der Waals surface area (Å²) in [4.78, 5) is 0. The molecule has 0 fully saturated rings. The average Bonchev–Trinajstić information content (AvgIpc) is 2.33. The Morgan fingerprint density at radius 3 is 1.65 bits per heavy atom. The summed E-state index contributed by atoms with van der Waals surface area (Å²) in [5.74, 6) is 0.989. The Kier molecular flexibility index (Phi) is 12.1. The van der Waals surface area contributed by atoms with Gasteiger partial charge in [0.25, 0.3) is 0 Å². The molecule has 0 N–H and O–H groups in total. The zero-order valence-corrected chi connectivity index (χ0v) is 11.8. The zero-order valence-electron chi connectivity index (χ0n) is 10.3. The van der Waals surface area contributed by atoms with Gasteiger partial charge in [0.05, 0.1) is 37.9 Å². The van der Waals surface area contributed by atoms with Crippen LogP contribution in [0.5, 0.6) is 0 Å². The van der Waals surface area contributed by atoms with E-state index in [4.69, 9.17) is 37.4 Å². The third-order valence-electron chi connectivity index (χ3n) is 1.77. The summed E-state index contributed by atoms with van der Waals surface area (Å²) in [7, 11) is 0. The molecule has 0 aromatic carbocycles. The first-order valence-corrected chi connectivity index (χ1v) is 6.61. The fourth-order valence-corrected chi connectivity index (χ4v) is 1.11. The largest absolute Gasteiger partial charge is 0.473 e. The number of rotatable bonds is 10. The van der Waals surface area contributed by atoms with Crippen LogP contribution in [0.25, 0.3) is 0 Å². The van der Waals surface area contributed by atoms with Gasteiger partial charge in [-0.25, -0.2) is 0 Å². The van der Waals surface area contributed by atoms with Crippen LogP contribution in [0.4, 0.5) is 0 Å². The van der Waals surface area contributed by atoms with Gasteiger partial charge in [0.2, 0.25) is 0 Å². The molecule has 2 atom stereocenters. The minimum absolute atomic E-state index is 0.00734. The highest BCUT2D eigenvalue weighted by atomic mass is 35.5. The van der Waals surface area contributed by atoms with Gasteiger partial charge in [0, 0.05) is 11.8 Å². The maximum atomic E-state index is 5.49. The lowest BCUT2D eigenvalue weighted by Crippen LogP contribution is -2.07. The van der Waals surface area contributed by atoms with Gasteiger partial charge in [-0.05, 0) is 26.0 Å². The van der Waals surface area contributed by atoms with Crippen molar-refractivity contribution in [3.63, 3.8) is 0 Å². The number of alkyl halides is 2. The molecule has 0 aliphatic carbocycles. The Bertz CT molecular complexity index is 198.